The van der Waals surface area contributed by atoms with Crippen molar-refractivity contribution in [1.29, 1.82) is 0 Å². The minimum absolute atomic E-state index is 0.103. The average molecular weight is 649 g/mol. The number of fused-ring (bicyclic) bond motifs is 1. The Morgan fingerprint density at radius 2 is 1.50 bits per heavy atom. The van der Waals surface area contributed by atoms with Gasteiger partial charge in [0.2, 0.25) is 0 Å². The van der Waals surface area contributed by atoms with E-state index < -0.39 is 107 Å². The maximum absolute atomic E-state index is 13.8. The highest BCUT2D eigenvalue weighted by Crippen LogP contribution is 2.69. The van der Waals surface area contributed by atoms with Crippen molar-refractivity contribution in [3.8, 4) is 0 Å². The van der Waals surface area contributed by atoms with Gasteiger partial charge >= 0.3 is 29.8 Å². The molecule has 0 radical (unpaired) electrons. The number of hydrogen-bond acceptors (Lipinski definition) is 13. The van der Waals surface area contributed by atoms with E-state index in [9.17, 15) is 34.2 Å². The monoisotopic (exact) mass is 648 g/mol. The van der Waals surface area contributed by atoms with Crippen LogP contribution in [-0.2, 0) is 47.6 Å². The van der Waals surface area contributed by atoms with E-state index in [4.69, 9.17) is 28.4 Å². The lowest BCUT2D eigenvalue weighted by atomic mass is 9.45. The first kappa shape index (κ1) is 35.3. The topological polar surface area (TPSA) is 181 Å². The van der Waals surface area contributed by atoms with E-state index in [-0.39, 0.29) is 5.56 Å². The Morgan fingerprint density at radius 1 is 0.913 bits per heavy atom. The van der Waals surface area contributed by atoms with Crippen LogP contribution in [0, 0.1) is 17.3 Å². The molecule has 1 aromatic rings. The average Bonchev–Trinajstić information content (AvgIpc) is 3.14. The predicted molar refractivity (Wildman–Crippen MR) is 158 cm³/mol. The Hall–Kier alpha value is -3.55. The normalized spacial score (nSPS) is 36.4. The van der Waals surface area contributed by atoms with E-state index >= 15 is 0 Å². The van der Waals surface area contributed by atoms with Gasteiger partial charge in [-0.15, -0.1) is 0 Å². The van der Waals surface area contributed by atoms with Crippen molar-refractivity contribution in [3.05, 3.63) is 35.9 Å². The molecule has 13 heteroatoms. The van der Waals surface area contributed by atoms with Crippen LogP contribution in [0.3, 0.4) is 0 Å². The largest absolute Gasteiger partial charge is 0.464 e. The molecule has 3 fully saturated rings. The smallest absolute Gasteiger partial charge is 0.338 e. The molecule has 3 aliphatic rings. The Morgan fingerprint density at radius 3 is 2.04 bits per heavy atom. The molecule has 1 aliphatic heterocycles. The summed E-state index contributed by atoms with van der Waals surface area (Å²) in [5, 5.41) is 24.7. The van der Waals surface area contributed by atoms with Gasteiger partial charge in [0, 0.05) is 27.2 Å². The molecule has 254 valence electrons. The Bertz CT molecular complexity index is 1360. The van der Waals surface area contributed by atoms with Crippen LogP contribution < -0.4 is 0 Å². The second-order valence-electron chi connectivity index (χ2n) is 13.3. The number of esters is 5. The summed E-state index contributed by atoms with van der Waals surface area (Å²) in [6.07, 6.45) is -7.94. The molecule has 1 saturated heterocycles. The summed E-state index contributed by atoms with van der Waals surface area (Å²) in [6.45, 7) is 10.5. The van der Waals surface area contributed by atoms with Gasteiger partial charge in [-0.2, -0.15) is 0 Å². The summed E-state index contributed by atoms with van der Waals surface area (Å²) in [6, 6.07) is 7.88. The van der Waals surface area contributed by atoms with Crippen molar-refractivity contribution in [3.63, 3.8) is 0 Å². The van der Waals surface area contributed by atoms with E-state index in [0.29, 0.717) is 6.42 Å². The zero-order chi connectivity index (χ0) is 34.4. The van der Waals surface area contributed by atoms with E-state index in [1.165, 1.54) is 19.1 Å². The first-order valence-corrected chi connectivity index (χ1v) is 15.4. The molecule has 10 atom stereocenters. The van der Waals surface area contributed by atoms with Gasteiger partial charge in [-0.1, -0.05) is 32.0 Å². The predicted octanol–water partition coefficient (Wildman–Crippen LogP) is 2.28. The maximum Gasteiger partial charge on any atom is 0.338 e. The van der Waals surface area contributed by atoms with E-state index in [2.05, 4.69) is 0 Å². The van der Waals surface area contributed by atoms with E-state index in [0.717, 1.165) is 20.8 Å². The summed E-state index contributed by atoms with van der Waals surface area (Å²) in [5.74, 6) is -5.76. The number of ether oxygens (including phenoxy) is 6. The maximum atomic E-state index is 13.8. The molecule has 2 saturated carbocycles. The second-order valence-corrected chi connectivity index (χ2v) is 13.3. The van der Waals surface area contributed by atoms with Gasteiger partial charge in [0.25, 0.3) is 0 Å². The highest BCUT2D eigenvalue weighted by Gasteiger charge is 2.88. The van der Waals surface area contributed by atoms with Crippen molar-refractivity contribution in [2.45, 2.75) is 116 Å². The first-order chi connectivity index (χ1) is 21.4. The fourth-order valence-electron chi connectivity index (χ4n) is 7.80. The van der Waals surface area contributed by atoms with Crippen LogP contribution in [0.25, 0.3) is 0 Å². The third-order valence-corrected chi connectivity index (χ3v) is 9.70. The molecule has 1 spiro atoms. The van der Waals surface area contributed by atoms with Gasteiger partial charge in [-0.05, 0) is 39.3 Å². The SMILES string of the molecule is CCC(C)C(=O)OC[C@]12[C@H](OC(=O)c3ccccc3)[C@@H](OC(C)=O)[C@@H]3[C@@H](O)[C@]1(OC3(C)C)[C@@](C)(O)C[C@H](OC(C)=O)[C@@H]2OC(C)=O. The summed E-state index contributed by atoms with van der Waals surface area (Å²) >= 11 is 0. The van der Waals surface area contributed by atoms with E-state index in [1.54, 1.807) is 45.9 Å². The zero-order valence-corrected chi connectivity index (χ0v) is 27.4. The van der Waals surface area contributed by atoms with Gasteiger partial charge < -0.3 is 38.6 Å². The lowest BCUT2D eigenvalue weighted by Crippen LogP contribution is -2.85. The van der Waals surface area contributed by atoms with Crippen LogP contribution in [0.2, 0.25) is 0 Å². The standard InChI is InChI=1S/C33H44O13/c1-9-17(2)28(38)41-16-32-26(44-20(5)36)22(42-18(3)34)15-31(8,40)33(32)25(37)23(30(6,7)46-33)24(43-19(4)35)27(32)45-29(39)21-13-11-10-12-14-21/h10-14,17,22-27,37,40H,9,15-16H2,1-8H3/t17?,22-,23+,24-,25+,26-,27+,31-,32-,33-/m0/s1. The quantitative estimate of drug-likeness (QED) is 0.294. The minimum atomic E-state index is -2.22. The van der Waals surface area contributed by atoms with Crippen molar-refractivity contribution in [2.75, 3.05) is 6.61 Å². The number of rotatable bonds is 9. The Kier molecular flexibility index (Phi) is 9.65. The molecule has 1 aromatic carbocycles. The summed E-state index contributed by atoms with van der Waals surface area (Å²) in [4.78, 5) is 65.1. The second kappa shape index (κ2) is 12.6. The molecule has 4 rings (SSSR count). The molecule has 2 bridgehead atoms. The highest BCUT2D eigenvalue weighted by molar-refractivity contribution is 5.89. The lowest BCUT2D eigenvalue weighted by Gasteiger charge is -2.66. The number of hydrogen-bond donors (Lipinski definition) is 2. The van der Waals surface area contributed by atoms with Gasteiger partial charge in [-0.25, -0.2) is 4.79 Å². The summed E-state index contributed by atoms with van der Waals surface area (Å²) in [5.41, 5.74) is -7.82. The fourth-order valence-corrected chi connectivity index (χ4v) is 7.80. The molecule has 1 unspecified atom stereocenters. The number of aliphatic hydroxyl groups excluding tert-OH is 1. The Balaban J connectivity index is 2.11. The van der Waals surface area contributed by atoms with E-state index in [1.807, 2.05) is 0 Å². The molecular weight excluding hydrogens is 604 g/mol. The number of benzene rings is 1. The fraction of sp³-hybridized carbons (Fsp3) is 0.667. The number of carbonyl (C=O) groups is 5. The van der Waals surface area contributed by atoms with Crippen molar-refractivity contribution >= 4 is 29.8 Å². The van der Waals surface area contributed by atoms with Crippen LogP contribution >= 0.6 is 0 Å². The molecular formula is C33H44O13. The van der Waals surface area contributed by atoms with Crippen LogP contribution in [-0.4, -0.2) is 94.0 Å². The van der Waals surface area contributed by atoms with Crippen LogP contribution in [0.4, 0.5) is 0 Å². The molecule has 13 nitrogen and oxygen atoms in total. The van der Waals surface area contributed by atoms with Crippen LogP contribution in [0.1, 0.15) is 78.6 Å². The Labute approximate surface area is 267 Å². The zero-order valence-electron chi connectivity index (χ0n) is 27.4. The molecule has 0 aromatic heterocycles. The lowest BCUT2D eigenvalue weighted by molar-refractivity contribution is -0.363. The first-order valence-electron chi connectivity index (χ1n) is 15.4. The third kappa shape index (κ3) is 5.66. The third-order valence-electron chi connectivity index (χ3n) is 9.70. The molecule has 2 aliphatic carbocycles. The van der Waals surface area contributed by atoms with Crippen LogP contribution in [0.5, 0.6) is 0 Å². The van der Waals surface area contributed by atoms with Crippen molar-refractivity contribution < 1.29 is 62.6 Å². The van der Waals surface area contributed by atoms with Crippen LogP contribution in [0.15, 0.2) is 30.3 Å². The number of aliphatic hydroxyl groups is 2. The van der Waals surface area contributed by atoms with Gasteiger partial charge in [0.15, 0.2) is 12.2 Å². The molecule has 2 N–H and O–H groups in total. The van der Waals surface area contributed by atoms with Gasteiger partial charge in [0.05, 0.1) is 34.7 Å². The van der Waals surface area contributed by atoms with Gasteiger partial charge in [0.1, 0.15) is 29.8 Å². The van der Waals surface area contributed by atoms with Gasteiger partial charge in [-0.3, -0.25) is 19.2 Å². The molecule has 46 heavy (non-hydrogen) atoms. The summed E-state index contributed by atoms with van der Waals surface area (Å²) in [7, 11) is 0. The van der Waals surface area contributed by atoms with Crippen molar-refractivity contribution in [1.82, 2.24) is 0 Å². The summed E-state index contributed by atoms with van der Waals surface area (Å²) < 4.78 is 36.1. The minimum Gasteiger partial charge on any atom is -0.464 e. The van der Waals surface area contributed by atoms with Crippen molar-refractivity contribution in [2.24, 2.45) is 17.3 Å². The highest BCUT2D eigenvalue weighted by atomic mass is 16.6. The molecule has 0 amide bonds. The molecule has 1 heterocycles. The number of carbonyl (C=O) groups excluding carboxylic acids is 5.